The van der Waals surface area contributed by atoms with Gasteiger partial charge in [-0.25, -0.2) is 4.98 Å². The van der Waals surface area contributed by atoms with Gasteiger partial charge in [-0.3, -0.25) is 9.59 Å². The molecule has 0 atom stereocenters. The summed E-state index contributed by atoms with van der Waals surface area (Å²) in [5, 5.41) is 2.77. The number of hydrogen-bond acceptors (Lipinski definition) is 4. The topological polar surface area (TPSA) is 65.5 Å². The molecule has 2 aliphatic rings. The fraction of sp³-hybridized carbons (Fsp3) is 0.318. The molecular weight excluding hydrogens is 352 g/mol. The van der Waals surface area contributed by atoms with Crippen molar-refractivity contribution in [2.75, 3.05) is 36.4 Å². The van der Waals surface area contributed by atoms with Crippen LogP contribution in [0.1, 0.15) is 24.0 Å². The molecule has 2 aromatic rings. The second kappa shape index (κ2) is 8.25. The van der Waals surface area contributed by atoms with Crippen molar-refractivity contribution in [1.82, 2.24) is 9.88 Å². The number of pyridine rings is 1. The molecule has 2 aliphatic heterocycles. The molecule has 0 unspecified atom stereocenters. The van der Waals surface area contributed by atoms with Gasteiger partial charge in [0.1, 0.15) is 5.82 Å². The Morgan fingerprint density at radius 2 is 1.93 bits per heavy atom. The highest BCUT2D eigenvalue weighted by Crippen LogP contribution is 2.21. The van der Waals surface area contributed by atoms with Crippen LogP contribution in [0.2, 0.25) is 0 Å². The smallest absolute Gasteiger partial charge is 0.246 e. The summed E-state index contributed by atoms with van der Waals surface area (Å²) in [6, 6.07) is 12.3. The average Bonchev–Trinajstić information content (AvgIpc) is 2.99. The zero-order valence-corrected chi connectivity index (χ0v) is 15.8. The van der Waals surface area contributed by atoms with E-state index in [-0.39, 0.29) is 11.8 Å². The minimum atomic E-state index is 0.00387. The molecule has 0 spiro atoms. The van der Waals surface area contributed by atoms with E-state index in [1.807, 2.05) is 35.2 Å². The van der Waals surface area contributed by atoms with Gasteiger partial charge in [-0.15, -0.1) is 0 Å². The van der Waals surface area contributed by atoms with E-state index >= 15 is 0 Å². The largest absolute Gasteiger partial charge is 0.370 e. The summed E-state index contributed by atoms with van der Waals surface area (Å²) in [7, 11) is 0. The van der Waals surface area contributed by atoms with Crippen LogP contribution in [0, 0.1) is 0 Å². The lowest BCUT2D eigenvalue weighted by molar-refractivity contribution is -0.125. The Bertz CT molecular complexity index is 895. The molecule has 1 aromatic carbocycles. The molecule has 1 aromatic heterocycles. The lowest BCUT2D eigenvalue weighted by atomic mass is 10.0. The van der Waals surface area contributed by atoms with Gasteiger partial charge in [0.05, 0.1) is 0 Å². The lowest BCUT2D eigenvalue weighted by Crippen LogP contribution is -2.34. The predicted molar refractivity (Wildman–Crippen MR) is 110 cm³/mol. The highest BCUT2D eigenvalue weighted by molar-refractivity contribution is 5.93. The maximum Gasteiger partial charge on any atom is 0.246 e. The van der Waals surface area contributed by atoms with Gasteiger partial charge in [-0.1, -0.05) is 18.2 Å². The molecule has 4 rings (SSSR count). The van der Waals surface area contributed by atoms with E-state index in [1.165, 1.54) is 5.69 Å². The van der Waals surface area contributed by atoms with Crippen LogP contribution < -0.4 is 10.2 Å². The molecule has 144 valence electrons. The number of nitrogens with zero attached hydrogens (tertiary/aromatic N) is 3. The monoisotopic (exact) mass is 376 g/mol. The third-order valence-corrected chi connectivity index (χ3v) is 5.21. The van der Waals surface area contributed by atoms with Crippen LogP contribution in [0.25, 0.3) is 6.08 Å². The van der Waals surface area contributed by atoms with E-state index in [4.69, 9.17) is 0 Å². The highest BCUT2D eigenvalue weighted by atomic mass is 16.2. The number of amides is 2. The van der Waals surface area contributed by atoms with Crippen molar-refractivity contribution in [1.29, 1.82) is 0 Å². The quantitative estimate of drug-likeness (QED) is 0.837. The summed E-state index contributed by atoms with van der Waals surface area (Å²) >= 11 is 0. The molecule has 6 nitrogen and oxygen atoms in total. The van der Waals surface area contributed by atoms with Crippen molar-refractivity contribution in [2.45, 2.75) is 19.3 Å². The van der Waals surface area contributed by atoms with E-state index in [2.05, 4.69) is 27.3 Å². The van der Waals surface area contributed by atoms with Crippen molar-refractivity contribution in [3.05, 3.63) is 59.8 Å². The zero-order valence-electron chi connectivity index (χ0n) is 15.8. The third kappa shape index (κ3) is 4.22. The Hall–Kier alpha value is -3.15. The number of nitrogens with one attached hydrogen (secondary N) is 1. The van der Waals surface area contributed by atoms with Crippen LogP contribution in [-0.4, -0.2) is 47.9 Å². The summed E-state index contributed by atoms with van der Waals surface area (Å²) in [6.07, 6.45) is 7.24. The van der Waals surface area contributed by atoms with Gasteiger partial charge < -0.3 is 15.1 Å². The molecule has 0 bridgehead atoms. The first-order chi connectivity index (χ1) is 13.7. The van der Waals surface area contributed by atoms with Crippen LogP contribution >= 0.6 is 0 Å². The molecule has 1 saturated heterocycles. The fourth-order valence-electron chi connectivity index (χ4n) is 3.67. The number of aryl methyl sites for hydroxylation is 1. The fourth-order valence-corrected chi connectivity index (χ4v) is 3.67. The van der Waals surface area contributed by atoms with Crippen molar-refractivity contribution in [3.63, 3.8) is 0 Å². The van der Waals surface area contributed by atoms with Gasteiger partial charge in [-0.2, -0.15) is 0 Å². The maximum atomic E-state index is 12.6. The van der Waals surface area contributed by atoms with Crippen molar-refractivity contribution >= 4 is 29.4 Å². The standard InChI is InChI=1S/C22H24N4O2/c27-20-9-8-18-15-17(16-23-22(18)24-20)7-10-21(28)26-12-4-11-25(13-14-26)19-5-2-1-3-6-19/h1-3,5-7,10,15-16H,4,8-9,11-14H2,(H,23,24,27)/b10-7+. The van der Waals surface area contributed by atoms with E-state index in [0.717, 1.165) is 37.2 Å². The van der Waals surface area contributed by atoms with Gasteiger partial charge in [-0.05, 0) is 48.2 Å². The van der Waals surface area contributed by atoms with E-state index < -0.39 is 0 Å². The number of para-hydroxylation sites is 1. The van der Waals surface area contributed by atoms with Crippen molar-refractivity contribution < 1.29 is 9.59 Å². The molecule has 0 radical (unpaired) electrons. The van der Waals surface area contributed by atoms with Crippen LogP contribution in [-0.2, 0) is 16.0 Å². The number of fused-ring (bicyclic) bond motifs is 1. The van der Waals surface area contributed by atoms with Gasteiger partial charge >= 0.3 is 0 Å². The van der Waals surface area contributed by atoms with E-state index in [9.17, 15) is 9.59 Å². The minimum absolute atomic E-state index is 0.00387. The number of benzene rings is 1. The number of rotatable bonds is 3. The average molecular weight is 376 g/mol. The number of hydrogen-bond donors (Lipinski definition) is 1. The molecule has 0 aliphatic carbocycles. The molecule has 0 saturated carbocycles. The normalized spacial score (nSPS) is 17.2. The molecule has 28 heavy (non-hydrogen) atoms. The number of carbonyl (C=O) groups is 2. The summed E-state index contributed by atoms with van der Waals surface area (Å²) in [5.41, 5.74) is 3.10. The van der Waals surface area contributed by atoms with Gasteiger partial charge in [0.2, 0.25) is 11.8 Å². The highest BCUT2D eigenvalue weighted by Gasteiger charge is 2.18. The zero-order chi connectivity index (χ0) is 19.3. The van der Waals surface area contributed by atoms with Crippen LogP contribution in [0.5, 0.6) is 0 Å². The minimum Gasteiger partial charge on any atom is -0.370 e. The molecule has 6 heteroatoms. The molecule has 1 fully saturated rings. The van der Waals surface area contributed by atoms with Crippen molar-refractivity contribution in [2.24, 2.45) is 0 Å². The van der Waals surface area contributed by atoms with E-state index in [0.29, 0.717) is 25.2 Å². The Balaban J connectivity index is 1.38. The summed E-state index contributed by atoms with van der Waals surface area (Å²) in [6.45, 7) is 3.27. The summed E-state index contributed by atoms with van der Waals surface area (Å²) < 4.78 is 0. The first-order valence-electron chi connectivity index (χ1n) is 9.75. The number of aromatic nitrogens is 1. The molecular formula is C22H24N4O2. The lowest BCUT2D eigenvalue weighted by Gasteiger charge is -2.23. The predicted octanol–water partition coefficient (Wildman–Crippen LogP) is 2.72. The van der Waals surface area contributed by atoms with Gasteiger partial charge in [0, 0.05) is 50.6 Å². The first-order valence-corrected chi connectivity index (χ1v) is 9.75. The second-order valence-corrected chi connectivity index (χ2v) is 7.16. The summed E-state index contributed by atoms with van der Waals surface area (Å²) in [4.78, 5) is 32.6. The Labute approximate surface area is 164 Å². The first kappa shape index (κ1) is 18.2. The molecule has 3 heterocycles. The second-order valence-electron chi connectivity index (χ2n) is 7.16. The SMILES string of the molecule is O=C1CCc2cc(/C=C/C(=O)N3CCCN(c4ccccc4)CC3)cnc2N1. The summed E-state index contributed by atoms with van der Waals surface area (Å²) in [5.74, 6) is 0.665. The van der Waals surface area contributed by atoms with E-state index in [1.54, 1.807) is 12.3 Å². The Kier molecular flexibility index (Phi) is 5.37. The molecule has 1 N–H and O–H groups in total. The van der Waals surface area contributed by atoms with Crippen molar-refractivity contribution in [3.8, 4) is 0 Å². The number of carbonyl (C=O) groups excluding carboxylic acids is 2. The van der Waals surface area contributed by atoms with Crippen LogP contribution in [0.15, 0.2) is 48.7 Å². The van der Waals surface area contributed by atoms with Crippen LogP contribution in [0.4, 0.5) is 11.5 Å². The van der Waals surface area contributed by atoms with Gasteiger partial charge in [0.15, 0.2) is 0 Å². The maximum absolute atomic E-state index is 12.6. The van der Waals surface area contributed by atoms with Gasteiger partial charge in [0.25, 0.3) is 0 Å². The Morgan fingerprint density at radius 1 is 1.07 bits per heavy atom. The molecule has 2 amide bonds. The number of anilines is 2. The third-order valence-electron chi connectivity index (χ3n) is 5.21. The Morgan fingerprint density at radius 3 is 2.79 bits per heavy atom. The van der Waals surface area contributed by atoms with Crippen LogP contribution in [0.3, 0.4) is 0 Å².